The predicted octanol–water partition coefficient (Wildman–Crippen LogP) is 0.894. The minimum Gasteiger partial charge on any atom is -0.380 e. The second-order valence-corrected chi connectivity index (χ2v) is 2.79. The number of carbonyl (C=O) groups excluding carboxylic acids is 1. The van der Waals surface area contributed by atoms with Crippen molar-refractivity contribution >= 4 is 5.78 Å². The van der Waals surface area contributed by atoms with Crippen molar-refractivity contribution in [1.29, 1.82) is 5.26 Å². The van der Waals surface area contributed by atoms with E-state index in [1.54, 1.807) is 7.11 Å². The van der Waals surface area contributed by atoms with Crippen molar-refractivity contribution in [2.75, 3.05) is 7.11 Å². The molecule has 0 saturated heterocycles. The Labute approximate surface area is 66.0 Å². The van der Waals surface area contributed by atoms with E-state index < -0.39 is 0 Å². The molecule has 0 unspecified atom stereocenters. The molecule has 0 amide bonds. The molecule has 60 valence electrons. The summed E-state index contributed by atoms with van der Waals surface area (Å²) >= 11 is 0. The molecule has 0 N–H and O–H groups in total. The van der Waals surface area contributed by atoms with Gasteiger partial charge in [0.15, 0.2) is 0 Å². The Bertz CT molecular complexity index is 195. The molecule has 1 fully saturated rings. The maximum Gasteiger partial charge on any atom is 0.135 e. The second-order valence-electron chi connectivity index (χ2n) is 2.79. The van der Waals surface area contributed by atoms with Crippen LogP contribution in [0.3, 0.4) is 0 Å². The zero-order valence-corrected chi connectivity index (χ0v) is 6.54. The van der Waals surface area contributed by atoms with Crippen LogP contribution in [-0.4, -0.2) is 19.0 Å². The van der Waals surface area contributed by atoms with E-state index in [9.17, 15) is 4.79 Å². The third kappa shape index (κ3) is 1.78. The van der Waals surface area contributed by atoms with Gasteiger partial charge in [0.1, 0.15) is 5.78 Å². The molecule has 3 nitrogen and oxygen atoms in total. The molecular weight excluding hydrogens is 142 g/mol. The van der Waals surface area contributed by atoms with Gasteiger partial charge in [-0.1, -0.05) is 0 Å². The quantitative estimate of drug-likeness (QED) is 0.562. The number of ether oxygens (including phenoxy) is 1. The van der Waals surface area contributed by atoms with Crippen LogP contribution in [-0.2, 0) is 9.53 Å². The minimum atomic E-state index is -0.166. The number of hydrogen-bond donors (Lipinski definition) is 0. The Morgan fingerprint density at radius 3 is 3.00 bits per heavy atom. The fraction of sp³-hybridized carbons (Fsp3) is 0.750. The van der Waals surface area contributed by atoms with Crippen LogP contribution in [0.4, 0.5) is 0 Å². The van der Waals surface area contributed by atoms with Gasteiger partial charge in [-0.3, -0.25) is 4.79 Å². The average Bonchev–Trinajstić information content (AvgIpc) is 2.04. The first-order chi connectivity index (χ1) is 5.27. The standard InChI is InChI=1S/C8H11NO2/c1-11-8-4-7(10)3-2-6(8)5-9/h6,8H,2-4H2,1H3/t6-,8+/m0/s1. The molecule has 0 aromatic heterocycles. The number of rotatable bonds is 1. The molecular formula is C8H11NO2. The van der Waals surface area contributed by atoms with Gasteiger partial charge < -0.3 is 4.74 Å². The summed E-state index contributed by atoms with van der Waals surface area (Å²) < 4.78 is 5.02. The van der Waals surface area contributed by atoms with Gasteiger partial charge in [0.2, 0.25) is 0 Å². The van der Waals surface area contributed by atoms with E-state index in [0.717, 1.165) is 0 Å². The molecule has 0 aromatic carbocycles. The van der Waals surface area contributed by atoms with E-state index in [1.165, 1.54) is 0 Å². The van der Waals surface area contributed by atoms with Crippen LogP contribution in [0.1, 0.15) is 19.3 Å². The van der Waals surface area contributed by atoms with Gasteiger partial charge in [0.05, 0.1) is 18.1 Å². The SMILES string of the molecule is CO[C@@H]1CC(=O)CC[C@H]1C#N. The smallest absolute Gasteiger partial charge is 0.135 e. The van der Waals surface area contributed by atoms with Crippen molar-refractivity contribution in [1.82, 2.24) is 0 Å². The summed E-state index contributed by atoms with van der Waals surface area (Å²) in [6, 6.07) is 2.15. The van der Waals surface area contributed by atoms with Gasteiger partial charge in [0, 0.05) is 20.0 Å². The van der Waals surface area contributed by atoms with Crippen molar-refractivity contribution < 1.29 is 9.53 Å². The van der Waals surface area contributed by atoms with Crippen LogP contribution in [0.15, 0.2) is 0 Å². The molecule has 1 rings (SSSR count). The third-order valence-electron chi connectivity index (χ3n) is 2.08. The Kier molecular flexibility index (Phi) is 2.61. The first-order valence-corrected chi connectivity index (χ1v) is 3.72. The fourth-order valence-corrected chi connectivity index (χ4v) is 1.37. The van der Waals surface area contributed by atoms with Gasteiger partial charge in [0.25, 0.3) is 0 Å². The van der Waals surface area contributed by atoms with Crippen LogP contribution >= 0.6 is 0 Å². The summed E-state index contributed by atoms with van der Waals surface area (Å²) in [6.07, 6.45) is 1.45. The molecule has 0 spiro atoms. The Morgan fingerprint density at radius 2 is 2.45 bits per heavy atom. The number of nitrogens with zero attached hydrogens (tertiary/aromatic N) is 1. The molecule has 0 aliphatic heterocycles. The summed E-state index contributed by atoms with van der Waals surface area (Å²) in [6.45, 7) is 0. The highest BCUT2D eigenvalue weighted by Crippen LogP contribution is 2.23. The van der Waals surface area contributed by atoms with E-state index in [4.69, 9.17) is 10.00 Å². The van der Waals surface area contributed by atoms with Gasteiger partial charge in [-0.25, -0.2) is 0 Å². The van der Waals surface area contributed by atoms with Crippen molar-refractivity contribution in [2.45, 2.75) is 25.4 Å². The van der Waals surface area contributed by atoms with Crippen molar-refractivity contribution in [3.8, 4) is 6.07 Å². The number of hydrogen-bond acceptors (Lipinski definition) is 3. The molecule has 0 bridgehead atoms. The molecule has 11 heavy (non-hydrogen) atoms. The lowest BCUT2D eigenvalue weighted by Crippen LogP contribution is -2.30. The van der Waals surface area contributed by atoms with E-state index in [2.05, 4.69) is 6.07 Å². The zero-order chi connectivity index (χ0) is 8.27. The van der Waals surface area contributed by atoms with E-state index in [-0.39, 0.29) is 17.8 Å². The summed E-state index contributed by atoms with van der Waals surface area (Å²) in [5.41, 5.74) is 0. The maximum atomic E-state index is 10.9. The molecule has 2 atom stereocenters. The molecule has 1 aliphatic carbocycles. The fourth-order valence-electron chi connectivity index (χ4n) is 1.37. The third-order valence-corrected chi connectivity index (χ3v) is 2.08. The Morgan fingerprint density at radius 1 is 1.73 bits per heavy atom. The van der Waals surface area contributed by atoms with Crippen LogP contribution in [0.25, 0.3) is 0 Å². The largest absolute Gasteiger partial charge is 0.380 e. The van der Waals surface area contributed by atoms with Crippen molar-refractivity contribution in [2.24, 2.45) is 5.92 Å². The first kappa shape index (κ1) is 8.22. The van der Waals surface area contributed by atoms with Crippen LogP contribution in [0.2, 0.25) is 0 Å². The van der Waals surface area contributed by atoms with Crippen LogP contribution in [0, 0.1) is 17.2 Å². The lowest BCUT2D eigenvalue weighted by atomic mass is 9.87. The van der Waals surface area contributed by atoms with Gasteiger partial charge in [-0.05, 0) is 6.42 Å². The molecule has 1 aliphatic rings. The maximum absolute atomic E-state index is 10.9. The Balaban J connectivity index is 2.56. The summed E-state index contributed by atoms with van der Waals surface area (Å²) in [5, 5.41) is 8.64. The average molecular weight is 153 g/mol. The topological polar surface area (TPSA) is 50.1 Å². The lowest BCUT2D eigenvalue weighted by Gasteiger charge is -2.23. The highest BCUT2D eigenvalue weighted by Gasteiger charge is 2.28. The van der Waals surface area contributed by atoms with E-state index in [1.807, 2.05) is 0 Å². The number of methoxy groups -OCH3 is 1. The predicted molar refractivity (Wildman–Crippen MR) is 38.8 cm³/mol. The number of ketones is 1. The van der Waals surface area contributed by atoms with E-state index >= 15 is 0 Å². The molecule has 0 aromatic rings. The lowest BCUT2D eigenvalue weighted by molar-refractivity contribution is -0.124. The summed E-state index contributed by atoms with van der Waals surface area (Å²) in [7, 11) is 1.55. The van der Waals surface area contributed by atoms with Gasteiger partial charge >= 0.3 is 0 Å². The molecule has 1 saturated carbocycles. The number of carbonyl (C=O) groups is 1. The summed E-state index contributed by atoms with van der Waals surface area (Å²) in [4.78, 5) is 10.9. The minimum absolute atomic E-state index is 0.0855. The van der Waals surface area contributed by atoms with Crippen LogP contribution in [0.5, 0.6) is 0 Å². The van der Waals surface area contributed by atoms with Crippen molar-refractivity contribution in [3.63, 3.8) is 0 Å². The second kappa shape index (κ2) is 3.49. The first-order valence-electron chi connectivity index (χ1n) is 3.72. The van der Waals surface area contributed by atoms with E-state index in [0.29, 0.717) is 19.3 Å². The molecule has 3 heteroatoms. The Hall–Kier alpha value is -0.880. The van der Waals surface area contributed by atoms with Gasteiger partial charge in [-0.15, -0.1) is 0 Å². The highest BCUT2D eigenvalue weighted by molar-refractivity contribution is 5.79. The number of nitriles is 1. The van der Waals surface area contributed by atoms with Crippen LogP contribution < -0.4 is 0 Å². The zero-order valence-electron chi connectivity index (χ0n) is 6.54. The normalized spacial score (nSPS) is 31.5. The number of Topliss-reactive ketones (excluding diaryl/α,β-unsaturated/α-hetero) is 1. The van der Waals surface area contributed by atoms with Crippen molar-refractivity contribution in [3.05, 3.63) is 0 Å². The molecule has 0 radical (unpaired) electrons. The molecule has 0 heterocycles. The monoisotopic (exact) mass is 153 g/mol. The van der Waals surface area contributed by atoms with Gasteiger partial charge in [-0.2, -0.15) is 5.26 Å². The summed E-state index contributed by atoms with van der Waals surface area (Å²) in [5.74, 6) is 0.126. The highest BCUT2D eigenvalue weighted by atomic mass is 16.5.